The molecular formula is C14H20F3N5O. The van der Waals surface area contributed by atoms with E-state index in [0.29, 0.717) is 6.42 Å². The third kappa shape index (κ3) is 5.34. The van der Waals surface area contributed by atoms with E-state index in [9.17, 15) is 18.0 Å². The molecule has 0 aromatic carbocycles. The molecule has 0 saturated heterocycles. The maximum absolute atomic E-state index is 12.5. The Balaban J connectivity index is 1.74. The van der Waals surface area contributed by atoms with Gasteiger partial charge >= 0.3 is 6.18 Å². The van der Waals surface area contributed by atoms with Crippen molar-refractivity contribution < 1.29 is 18.0 Å². The van der Waals surface area contributed by atoms with Gasteiger partial charge in [-0.3, -0.25) is 4.79 Å². The number of nitrogens with one attached hydrogen (secondary N) is 2. The summed E-state index contributed by atoms with van der Waals surface area (Å²) in [5, 5.41) is 5.42. The number of rotatable bonds is 5. The van der Waals surface area contributed by atoms with Gasteiger partial charge in [-0.05, 0) is 25.3 Å². The summed E-state index contributed by atoms with van der Waals surface area (Å²) in [6.07, 6.45) is -0.0824. The summed E-state index contributed by atoms with van der Waals surface area (Å²) < 4.78 is 37.5. The average molecular weight is 331 g/mol. The number of carbonyl (C=O) groups excluding carboxylic acids is 1. The van der Waals surface area contributed by atoms with Crippen LogP contribution in [0.3, 0.4) is 0 Å². The van der Waals surface area contributed by atoms with Gasteiger partial charge in [-0.15, -0.1) is 0 Å². The number of hydrogen-bond donors (Lipinski definition) is 3. The van der Waals surface area contributed by atoms with Crippen molar-refractivity contribution in [3.63, 3.8) is 0 Å². The van der Waals surface area contributed by atoms with E-state index in [1.807, 2.05) is 0 Å². The number of amides is 1. The minimum absolute atomic E-state index is 0.0630. The van der Waals surface area contributed by atoms with Crippen molar-refractivity contribution in [3.05, 3.63) is 18.0 Å². The maximum Gasteiger partial charge on any atom is 0.433 e. The van der Waals surface area contributed by atoms with Crippen LogP contribution in [0.1, 0.15) is 31.4 Å². The first-order chi connectivity index (χ1) is 10.9. The molecule has 6 nitrogen and oxygen atoms in total. The van der Waals surface area contributed by atoms with Crippen molar-refractivity contribution in [1.29, 1.82) is 0 Å². The number of halogens is 3. The standard InChI is InChI=1S/C14H20F3N5O/c15-14(16,17)11-4-5-20-13(22-11)21-7-6-19-12(23)9-2-1-3-10(18)8-9/h4-5,9-10H,1-3,6-8,18H2,(H,19,23)(H,20,21,22). The van der Waals surface area contributed by atoms with E-state index in [-0.39, 0.29) is 36.9 Å². The number of hydrogen-bond acceptors (Lipinski definition) is 5. The van der Waals surface area contributed by atoms with E-state index in [1.165, 1.54) is 0 Å². The van der Waals surface area contributed by atoms with Crippen LogP contribution in [0.4, 0.5) is 19.1 Å². The Bertz CT molecular complexity index is 537. The number of carbonyl (C=O) groups is 1. The third-order valence-electron chi connectivity index (χ3n) is 3.74. The molecule has 1 aromatic heterocycles. The van der Waals surface area contributed by atoms with E-state index in [2.05, 4.69) is 20.6 Å². The van der Waals surface area contributed by atoms with Crippen LogP contribution < -0.4 is 16.4 Å². The number of alkyl halides is 3. The van der Waals surface area contributed by atoms with Gasteiger partial charge in [0.2, 0.25) is 11.9 Å². The molecule has 128 valence electrons. The van der Waals surface area contributed by atoms with Gasteiger partial charge in [0.05, 0.1) is 0 Å². The summed E-state index contributed by atoms with van der Waals surface area (Å²) in [6.45, 7) is 0.524. The maximum atomic E-state index is 12.5. The number of anilines is 1. The first kappa shape index (κ1) is 17.5. The monoisotopic (exact) mass is 331 g/mol. The van der Waals surface area contributed by atoms with Crippen LogP contribution in [0.5, 0.6) is 0 Å². The first-order valence-electron chi connectivity index (χ1n) is 7.53. The van der Waals surface area contributed by atoms with E-state index in [0.717, 1.165) is 31.5 Å². The minimum Gasteiger partial charge on any atom is -0.354 e. The summed E-state index contributed by atoms with van der Waals surface area (Å²) in [5.74, 6) is -0.260. The van der Waals surface area contributed by atoms with Crippen molar-refractivity contribution in [2.24, 2.45) is 11.7 Å². The molecule has 1 amide bonds. The lowest BCUT2D eigenvalue weighted by Crippen LogP contribution is -2.39. The third-order valence-corrected chi connectivity index (χ3v) is 3.74. The average Bonchev–Trinajstić information content (AvgIpc) is 2.51. The zero-order valence-corrected chi connectivity index (χ0v) is 12.6. The summed E-state index contributed by atoms with van der Waals surface area (Å²) >= 11 is 0. The van der Waals surface area contributed by atoms with Crippen LogP contribution in [0.25, 0.3) is 0 Å². The van der Waals surface area contributed by atoms with Gasteiger partial charge in [0.1, 0.15) is 5.69 Å². The van der Waals surface area contributed by atoms with Crippen molar-refractivity contribution >= 4 is 11.9 Å². The second-order valence-corrected chi connectivity index (χ2v) is 5.60. The van der Waals surface area contributed by atoms with E-state index in [1.54, 1.807) is 0 Å². The fraction of sp³-hybridized carbons (Fsp3) is 0.643. The molecule has 1 aromatic rings. The summed E-state index contributed by atoms with van der Waals surface area (Å²) in [4.78, 5) is 19.1. The van der Waals surface area contributed by atoms with Gasteiger partial charge in [-0.1, -0.05) is 6.42 Å². The molecule has 1 aliphatic rings. The fourth-order valence-electron chi connectivity index (χ4n) is 2.57. The normalized spacial score (nSPS) is 21.7. The Labute approximate surface area is 132 Å². The Hall–Kier alpha value is -1.90. The molecule has 1 aliphatic carbocycles. The quantitative estimate of drug-likeness (QED) is 0.712. The lowest BCUT2D eigenvalue weighted by molar-refractivity contribution is -0.141. The Kier molecular flexibility index (Phi) is 5.75. The van der Waals surface area contributed by atoms with Crippen LogP contribution in [0, 0.1) is 5.92 Å². The lowest BCUT2D eigenvalue weighted by atomic mass is 9.85. The molecular weight excluding hydrogens is 311 g/mol. The zero-order valence-electron chi connectivity index (χ0n) is 12.6. The Morgan fingerprint density at radius 3 is 2.83 bits per heavy atom. The molecule has 1 fully saturated rings. The smallest absolute Gasteiger partial charge is 0.354 e. The lowest BCUT2D eigenvalue weighted by Gasteiger charge is -2.25. The molecule has 2 rings (SSSR count). The van der Waals surface area contributed by atoms with Gasteiger partial charge < -0.3 is 16.4 Å². The van der Waals surface area contributed by atoms with Gasteiger partial charge in [0, 0.05) is 31.2 Å². The summed E-state index contributed by atoms with van der Waals surface area (Å²) in [6, 6.07) is 0.871. The topological polar surface area (TPSA) is 92.9 Å². The second-order valence-electron chi connectivity index (χ2n) is 5.60. The number of nitrogens with two attached hydrogens (primary N) is 1. The van der Waals surface area contributed by atoms with Gasteiger partial charge in [-0.25, -0.2) is 9.97 Å². The van der Waals surface area contributed by atoms with Crippen LogP contribution in [0.2, 0.25) is 0 Å². The molecule has 0 bridgehead atoms. The molecule has 4 N–H and O–H groups in total. The highest BCUT2D eigenvalue weighted by Crippen LogP contribution is 2.27. The van der Waals surface area contributed by atoms with E-state index >= 15 is 0 Å². The Morgan fingerprint density at radius 2 is 2.13 bits per heavy atom. The Morgan fingerprint density at radius 1 is 1.35 bits per heavy atom. The number of nitrogens with zero attached hydrogens (tertiary/aromatic N) is 2. The van der Waals surface area contributed by atoms with Crippen molar-refractivity contribution in [2.75, 3.05) is 18.4 Å². The van der Waals surface area contributed by atoms with Crippen molar-refractivity contribution in [2.45, 2.75) is 37.9 Å². The minimum atomic E-state index is -4.51. The van der Waals surface area contributed by atoms with Crippen LogP contribution in [0.15, 0.2) is 12.3 Å². The molecule has 2 atom stereocenters. The molecule has 23 heavy (non-hydrogen) atoms. The highest BCUT2D eigenvalue weighted by molar-refractivity contribution is 5.78. The first-order valence-corrected chi connectivity index (χ1v) is 7.53. The molecule has 2 unspecified atom stereocenters. The van der Waals surface area contributed by atoms with Gasteiger partial charge in [0.15, 0.2) is 0 Å². The van der Waals surface area contributed by atoms with Crippen molar-refractivity contribution in [3.8, 4) is 0 Å². The SMILES string of the molecule is NC1CCCC(C(=O)NCCNc2nccc(C(F)(F)F)n2)C1. The fourth-order valence-corrected chi connectivity index (χ4v) is 2.57. The largest absolute Gasteiger partial charge is 0.433 e. The highest BCUT2D eigenvalue weighted by atomic mass is 19.4. The predicted octanol–water partition coefficient (Wildman–Crippen LogP) is 1.54. The predicted molar refractivity (Wildman–Crippen MR) is 78.5 cm³/mol. The van der Waals surface area contributed by atoms with Crippen LogP contribution in [-0.2, 0) is 11.0 Å². The van der Waals surface area contributed by atoms with Crippen LogP contribution in [-0.4, -0.2) is 35.0 Å². The molecule has 0 spiro atoms. The molecule has 1 heterocycles. The van der Waals surface area contributed by atoms with Crippen molar-refractivity contribution in [1.82, 2.24) is 15.3 Å². The van der Waals surface area contributed by atoms with E-state index < -0.39 is 11.9 Å². The molecule has 1 saturated carbocycles. The van der Waals surface area contributed by atoms with E-state index in [4.69, 9.17) is 5.73 Å². The molecule has 0 radical (unpaired) electrons. The highest BCUT2D eigenvalue weighted by Gasteiger charge is 2.32. The molecule has 9 heteroatoms. The van der Waals surface area contributed by atoms with Gasteiger partial charge in [0.25, 0.3) is 0 Å². The summed E-state index contributed by atoms with van der Waals surface area (Å²) in [7, 11) is 0. The van der Waals surface area contributed by atoms with Gasteiger partial charge in [-0.2, -0.15) is 13.2 Å². The summed E-state index contributed by atoms with van der Waals surface area (Å²) in [5.41, 5.74) is 4.84. The second kappa shape index (κ2) is 7.58. The zero-order chi connectivity index (χ0) is 16.9. The number of aromatic nitrogens is 2. The van der Waals surface area contributed by atoms with Crippen LogP contribution >= 0.6 is 0 Å². The molecule has 0 aliphatic heterocycles.